The molecule has 0 amide bonds. The highest BCUT2D eigenvalue weighted by molar-refractivity contribution is 8.13. The van der Waals surface area contributed by atoms with E-state index in [2.05, 4.69) is 24.0 Å². The van der Waals surface area contributed by atoms with Gasteiger partial charge in [-0.25, -0.2) is 0 Å². The standard InChI is InChI=1S/C17H22N2O2S.CH4/c1-17(7-9-22-16(18)19-17)13-5-2-4-12(10-13)11-14(20)15-6-3-8-21-15;/h2,4-5,10,15H,3,6-9,11H2,1H3,(H2,18,19);1H4/t15?,17-;/m0./s1. The molecular formula is C18H26N2O2S. The van der Waals surface area contributed by atoms with Crippen LogP contribution in [-0.4, -0.2) is 29.4 Å². The lowest BCUT2D eigenvalue weighted by Gasteiger charge is -2.30. The van der Waals surface area contributed by atoms with Crippen LogP contribution in [0.15, 0.2) is 29.3 Å². The fourth-order valence-corrected chi connectivity index (χ4v) is 4.03. The topological polar surface area (TPSA) is 64.7 Å². The predicted octanol–water partition coefficient (Wildman–Crippen LogP) is 3.28. The van der Waals surface area contributed by atoms with Gasteiger partial charge in [-0.1, -0.05) is 43.5 Å². The number of carbonyl (C=O) groups is 1. The van der Waals surface area contributed by atoms with Gasteiger partial charge in [0, 0.05) is 18.8 Å². The van der Waals surface area contributed by atoms with E-state index < -0.39 is 0 Å². The molecule has 0 aromatic heterocycles. The first-order chi connectivity index (χ1) is 10.6. The summed E-state index contributed by atoms with van der Waals surface area (Å²) in [6, 6.07) is 8.18. The predicted molar refractivity (Wildman–Crippen MR) is 96.9 cm³/mol. The molecular weight excluding hydrogens is 308 g/mol. The number of hydrogen-bond donors (Lipinski definition) is 1. The highest BCUT2D eigenvalue weighted by Crippen LogP contribution is 2.35. The molecule has 1 aromatic carbocycles. The largest absolute Gasteiger partial charge is 0.379 e. The van der Waals surface area contributed by atoms with E-state index in [1.165, 1.54) is 0 Å². The van der Waals surface area contributed by atoms with Crippen molar-refractivity contribution in [2.45, 2.75) is 51.7 Å². The summed E-state index contributed by atoms with van der Waals surface area (Å²) < 4.78 is 5.48. The molecule has 1 fully saturated rings. The molecule has 23 heavy (non-hydrogen) atoms. The van der Waals surface area contributed by atoms with Crippen LogP contribution in [0, 0.1) is 0 Å². The van der Waals surface area contributed by atoms with E-state index in [1.807, 2.05) is 12.1 Å². The van der Waals surface area contributed by atoms with Gasteiger partial charge < -0.3 is 10.5 Å². The Labute approximate surface area is 142 Å². The third-order valence-electron chi connectivity index (χ3n) is 4.41. The maximum Gasteiger partial charge on any atom is 0.165 e. The summed E-state index contributed by atoms with van der Waals surface area (Å²) in [7, 11) is 0. The molecule has 2 aliphatic rings. The monoisotopic (exact) mass is 334 g/mol. The van der Waals surface area contributed by atoms with Gasteiger partial charge in [0.15, 0.2) is 11.0 Å². The van der Waals surface area contributed by atoms with E-state index >= 15 is 0 Å². The molecule has 0 aliphatic carbocycles. The Morgan fingerprint density at radius 2 is 2.35 bits per heavy atom. The SMILES string of the molecule is C.C[C@@]1(c2cccc(CC(=O)C3CCCO3)c2)CCSC(N)=N1. The van der Waals surface area contributed by atoms with Gasteiger partial charge in [0.2, 0.25) is 0 Å². The molecule has 126 valence electrons. The lowest BCUT2D eigenvalue weighted by Crippen LogP contribution is -2.29. The summed E-state index contributed by atoms with van der Waals surface area (Å²) in [6.07, 6.45) is 3.03. The number of thioether (sulfide) groups is 1. The summed E-state index contributed by atoms with van der Waals surface area (Å²) in [4.78, 5) is 16.9. The summed E-state index contributed by atoms with van der Waals surface area (Å²) in [5.74, 6) is 1.16. The zero-order valence-corrected chi connectivity index (χ0v) is 13.7. The van der Waals surface area contributed by atoms with Gasteiger partial charge >= 0.3 is 0 Å². The smallest absolute Gasteiger partial charge is 0.165 e. The van der Waals surface area contributed by atoms with Crippen molar-refractivity contribution in [3.05, 3.63) is 35.4 Å². The molecule has 0 saturated carbocycles. The molecule has 2 aliphatic heterocycles. The van der Waals surface area contributed by atoms with Crippen LogP contribution in [-0.2, 0) is 21.5 Å². The van der Waals surface area contributed by atoms with Gasteiger partial charge in [-0.3, -0.25) is 9.79 Å². The number of rotatable bonds is 4. The first-order valence-corrected chi connectivity index (χ1v) is 8.77. The first-order valence-electron chi connectivity index (χ1n) is 7.79. The van der Waals surface area contributed by atoms with Gasteiger partial charge in [-0.15, -0.1) is 0 Å². The number of hydrogen-bond acceptors (Lipinski definition) is 5. The van der Waals surface area contributed by atoms with Crippen LogP contribution in [0.2, 0.25) is 0 Å². The van der Waals surface area contributed by atoms with Crippen molar-refractivity contribution in [2.75, 3.05) is 12.4 Å². The van der Waals surface area contributed by atoms with Crippen molar-refractivity contribution >= 4 is 22.7 Å². The van der Waals surface area contributed by atoms with Gasteiger partial charge in [-0.05, 0) is 37.3 Å². The maximum atomic E-state index is 12.3. The van der Waals surface area contributed by atoms with E-state index in [1.54, 1.807) is 11.8 Å². The number of ether oxygens (including phenoxy) is 1. The Hall–Kier alpha value is -1.33. The highest BCUT2D eigenvalue weighted by Gasteiger charge is 2.30. The number of carbonyl (C=O) groups excluding carboxylic acids is 1. The lowest BCUT2D eigenvalue weighted by molar-refractivity contribution is -0.127. The lowest BCUT2D eigenvalue weighted by atomic mass is 9.88. The molecule has 1 saturated heterocycles. The Balaban J connectivity index is 0.00000192. The zero-order chi connectivity index (χ0) is 15.6. The van der Waals surface area contributed by atoms with Crippen LogP contribution in [0.25, 0.3) is 0 Å². The van der Waals surface area contributed by atoms with Crippen molar-refractivity contribution in [3.8, 4) is 0 Å². The fraction of sp³-hybridized carbons (Fsp3) is 0.556. The minimum Gasteiger partial charge on any atom is -0.379 e. The number of nitrogens with zero attached hydrogens (tertiary/aromatic N) is 1. The molecule has 1 aromatic rings. The Morgan fingerprint density at radius 1 is 1.52 bits per heavy atom. The first kappa shape index (κ1) is 18.0. The Morgan fingerprint density at radius 3 is 3.04 bits per heavy atom. The minimum absolute atomic E-state index is 0. The zero-order valence-electron chi connectivity index (χ0n) is 12.9. The van der Waals surface area contributed by atoms with Gasteiger partial charge in [0.25, 0.3) is 0 Å². The fourth-order valence-electron chi connectivity index (χ4n) is 3.06. The quantitative estimate of drug-likeness (QED) is 0.918. The Bertz CT molecular complexity index is 596. The third-order valence-corrected chi connectivity index (χ3v) is 5.21. The second-order valence-corrected chi connectivity index (χ2v) is 7.28. The molecule has 5 heteroatoms. The minimum atomic E-state index is -0.280. The third kappa shape index (κ3) is 4.15. The summed E-state index contributed by atoms with van der Waals surface area (Å²) in [5, 5.41) is 0.648. The number of ketones is 1. The highest BCUT2D eigenvalue weighted by atomic mass is 32.2. The number of amidine groups is 1. The molecule has 1 unspecified atom stereocenters. The molecule has 0 bridgehead atoms. The average Bonchev–Trinajstić information content (AvgIpc) is 3.01. The van der Waals surface area contributed by atoms with Crippen molar-refractivity contribution in [1.82, 2.24) is 0 Å². The number of nitrogens with two attached hydrogens (primary N) is 1. The van der Waals surface area contributed by atoms with Gasteiger partial charge in [0.1, 0.15) is 6.10 Å². The van der Waals surface area contributed by atoms with E-state index in [9.17, 15) is 4.79 Å². The van der Waals surface area contributed by atoms with Crippen molar-refractivity contribution in [3.63, 3.8) is 0 Å². The normalized spacial score (nSPS) is 27.2. The van der Waals surface area contributed by atoms with Crippen molar-refractivity contribution < 1.29 is 9.53 Å². The molecule has 0 radical (unpaired) electrons. The van der Waals surface area contributed by atoms with Crippen LogP contribution in [0.3, 0.4) is 0 Å². The van der Waals surface area contributed by atoms with Crippen molar-refractivity contribution in [1.29, 1.82) is 0 Å². The van der Waals surface area contributed by atoms with Crippen LogP contribution in [0.4, 0.5) is 0 Å². The molecule has 0 spiro atoms. The van der Waals surface area contributed by atoms with E-state index in [4.69, 9.17) is 10.5 Å². The molecule has 4 nitrogen and oxygen atoms in total. The number of Topliss-reactive ketones (excluding diaryl/α,β-unsaturated/α-hetero) is 1. The van der Waals surface area contributed by atoms with Gasteiger partial charge in [-0.2, -0.15) is 0 Å². The second-order valence-electron chi connectivity index (χ2n) is 6.17. The average molecular weight is 334 g/mol. The van der Waals surface area contributed by atoms with E-state index in [0.717, 1.165) is 36.1 Å². The maximum absolute atomic E-state index is 12.3. The molecule has 3 rings (SSSR count). The van der Waals surface area contributed by atoms with Crippen molar-refractivity contribution in [2.24, 2.45) is 10.7 Å². The van der Waals surface area contributed by atoms with Crippen LogP contribution in [0.1, 0.15) is 44.7 Å². The number of aliphatic imine (C=N–C) groups is 1. The van der Waals surface area contributed by atoms with E-state index in [-0.39, 0.29) is 24.9 Å². The van der Waals surface area contributed by atoms with Crippen LogP contribution < -0.4 is 5.73 Å². The Kier molecular flexibility index (Phi) is 5.87. The van der Waals surface area contributed by atoms with Crippen LogP contribution in [0.5, 0.6) is 0 Å². The molecule has 2 heterocycles. The number of benzene rings is 1. The molecule has 2 atom stereocenters. The summed E-state index contributed by atoms with van der Waals surface area (Å²) in [6.45, 7) is 2.82. The van der Waals surface area contributed by atoms with E-state index in [0.29, 0.717) is 18.2 Å². The van der Waals surface area contributed by atoms with Gasteiger partial charge in [0.05, 0.1) is 5.54 Å². The summed E-state index contributed by atoms with van der Waals surface area (Å²) in [5.41, 5.74) is 7.78. The van der Waals surface area contributed by atoms with Crippen LogP contribution >= 0.6 is 11.8 Å². The molecule has 2 N–H and O–H groups in total. The summed E-state index contributed by atoms with van der Waals surface area (Å²) >= 11 is 1.60. The second kappa shape index (κ2) is 7.49.